The minimum atomic E-state index is -0.579. The van der Waals surface area contributed by atoms with Gasteiger partial charge in [-0.05, 0) is 37.6 Å². The summed E-state index contributed by atoms with van der Waals surface area (Å²) in [6.07, 6.45) is 0.0735. The highest BCUT2D eigenvalue weighted by atomic mass is 35.5. The monoisotopic (exact) mass is 293 g/mol. The Morgan fingerprint density at radius 3 is 2.55 bits per heavy atom. The Morgan fingerprint density at radius 2 is 1.85 bits per heavy atom. The second kappa shape index (κ2) is 6.25. The topological polar surface area (TPSA) is 35.2 Å². The number of rotatable bonds is 4. The lowest BCUT2D eigenvalue weighted by Gasteiger charge is -2.16. The average Bonchev–Trinajstić information content (AvgIpc) is 2.41. The Balaban J connectivity index is 2.33. The molecular weight excluding hydrogens is 277 g/mol. The second-order valence-electron chi connectivity index (χ2n) is 4.86. The van der Waals surface area contributed by atoms with E-state index in [9.17, 15) is 4.39 Å². The molecule has 0 fully saturated rings. The summed E-state index contributed by atoms with van der Waals surface area (Å²) in [5.74, 6) is 0.243. The van der Waals surface area contributed by atoms with Crippen LogP contribution in [0.2, 0.25) is 5.02 Å². The number of halogens is 2. The third-order valence-corrected chi connectivity index (χ3v) is 3.20. The maximum atomic E-state index is 14.0. The van der Waals surface area contributed by atoms with E-state index in [1.807, 2.05) is 38.1 Å². The molecule has 20 heavy (non-hydrogen) atoms. The first-order valence-corrected chi connectivity index (χ1v) is 6.83. The molecule has 2 N–H and O–H groups in total. The zero-order chi connectivity index (χ0) is 14.7. The van der Waals surface area contributed by atoms with Crippen molar-refractivity contribution in [1.29, 1.82) is 0 Å². The van der Waals surface area contributed by atoms with E-state index in [0.29, 0.717) is 5.56 Å². The van der Waals surface area contributed by atoms with Crippen LogP contribution in [0, 0.1) is 5.82 Å². The molecule has 4 heteroatoms. The Bertz CT molecular complexity index is 601. The van der Waals surface area contributed by atoms with Crippen molar-refractivity contribution in [3.63, 3.8) is 0 Å². The number of hydrogen-bond acceptors (Lipinski definition) is 2. The normalized spacial score (nSPS) is 12.5. The molecule has 0 aliphatic heterocycles. The van der Waals surface area contributed by atoms with Gasteiger partial charge in [-0.15, -0.1) is 0 Å². The standard InChI is InChI=1S/C16H17ClFNO/c1-10(2)20-12-6-3-5-11(9-12)16(19)13-7-4-8-14(17)15(13)18/h3-10,16H,19H2,1-2H3. The van der Waals surface area contributed by atoms with Gasteiger partial charge in [-0.2, -0.15) is 0 Å². The third kappa shape index (κ3) is 3.30. The first-order chi connectivity index (χ1) is 9.49. The van der Waals surface area contributed by atoms with Crippen molar-refractivity contribution in [1.82, 2.24) is 0 Å². The van der Waals surface area contributed by atoms with Crippen LogP contribution in [-0.4, -0.2) is 6.10 Å². The van der Waals surface area contributed by atoms with Crippen molar-refractivity contribution in [3.05, 3.63) is 64.4 Å². The molecule has 0 radical (unpaired) electrons. The van der Waals surface area contributed by atoms with E-state index in [0.717, 1.165) is 11.3 Å². The fourth-order valence-electron chi connectivity index (χ4n) is 1.99. The lowest BCUT2D eigenvalue weighted by molar-refractivity contribution is 0.242. The van der Waals surface area contributed by atoms with E-state index >= 15 is 0 Å². The fraction of sp³-hybridized carbons (Fsp3) is 0.250. The highest BCUT2D eigenvalue weighted by Crippen LogP contribution is 2.28. The summed E-state index contributed by atoms with van der Waals surface area (Å²) in [5, 5.41) is 0.0764. The molecule has 0 saturated heterocycles. The smallest absolute Gasteiger partial charge is 0.146 e. The molecule has 106 valence electrons. The van der Waals surface area contributed by atoms with Crippen molar-refractivity contribution in [2.45, 2.75) is 26.0 Å². The van der Waals surface area contributed by atoms with Crippen LogP contribution in [0.3, 0.4) is 0 Å². The highest BCUT2D eigenvalue weighted by molar-refractivity contribution is 6.30. The largest absolute Gasteiger partial charge is 0.491 e. The fourth-order valence-corrected chi connectivity index (χ4v) is 2.18. The molecule has 0 aliphatic rings. The molecule has 0 saturated carbocycles. The quantitative estimate of drug-likeness (QED) is 0.911. The summed E-state index contributed by atoms with van der Waals surface area (Å²) < 4.78 is 19.6. The van der Waals surface area contributed by atoms with Gasteiger partial charge in [0.2, 0.25) is 0 Å². The summed E-state index contributed by atoms with van der Waals surface area (Å²) in [6.45, 7) is 3.90. The maximum Gasteiger partial charge on any atom is 0.146 e. The predicted octanol–water partition coefficient (Wildman–Crippen LogP) is 4.31. The van der Waals surface area contributed by atoms with E-state index < -0.39 is 11.9 Å². The lowest BCUT2D eigenvalue weighted by atomic mass is 9.99. The van der Waals surface area contributed by atoms with Crippen molar-refractivity contribution < 1.29 is 9.13 Å². The van der Waals surface area contributed by atoms with E-state index in [4.69, 9.17) is 22.1 Å². The van der Waals surface area contributed by atoms with Crippen LogP contribution in [-0.2, 0) is 0 Å². The first kappa shape index (κ1) is 14.8. The van der Waals surface area contributed by atoms with Gasteiger partial charge in [-0.1, -0.05) is 35.9 Å². The van der Waals surface area contributed by atoms with Crippen molar-refractivity contribution in [3.8, 4) is 5.75 Å². The molecule has 0 heterocycles. The summed E-state index contributed by atoms with van der Waals surface area (Å²) in [6, 6.07) is 11.6. The van der Waals surface area contributed by atoms with Crippen LogP contribution in [0.4, 0.5) is 4.39 Å². The molecule has 0 aromatic heterocycles. The molecule has 2 aromatic rings. The van der Waals surface area contributed by atoms with Gasteiger partial charge in [0, 0.05) is 5.56 Å². The lowest BCUT2D eigenvalue weighted by Crippen LogP contribution is -2.14. The molecule has 2 rings (SSSR count). The van der Waals surface area contributed by atoms with Crippen LogP contribution in [0.5, 0.6) is 5.75 Å². The summed E-state index contributed by atoms with van der Waals surface area (Å²) >= 11 is 5.79. The van der Waals surface area contributed by atoms with Gasteiger partial charge in [0.05, 0.1) is 17.2 Å². The Kier molecular flexibility index (Phi) is 4.63. The maximum absolute atomic E-state index is 14.0. The van der Waals surface area contributed by atoms with Crippen LogP contribution < -0.4 is 10.5 Å². The Morgan fingerprint density at radius 1 is 1.15 bits per heavy atom. The average molecular weight is 294 g/mol. The van der Waals surface area contributed by atoms with E-state index in [2.05, 4.69) is 0 Å². The van der Waals surface area contributed by atoms with Crippen LogP contribution in [0.1, 0.15) is 31.0 Å². The van der Waals surface area contributed by atoms with Crippen LogP contribution >= 0.6 is 11.6 Å². The molecule has 2 aromatic carbocycles. The van der Waals surface area contributed by atoms with Gasteiger partial charge in [0.1, 0.15) is 11.6 Å². The minimum absolute atomic E-state index is 0.0735. The van der Waals surface area contributed by atoms with Crippen molar-refractivity contribution in [2.24, 2.45) is 5.73 Å². The molecular formula is C16H17ClFNO. The third-order valence-electron chi connectivity index (χ3n) is 2.91. The number of ether oxygens (including phenoxy) is 1. The first-order valence-electron chi connectivity index (χ1n) is 6.45. The van der Waals surface area contributed by atoms with Crippen molar-refractivity contribution >= 4 is 11.6 Å². The zero-order valence-electron chi connectivity index (χ0n) is 11.4. The van der Waals surface area contributed by atoms with Gasteiger partial charge in [0.15, 0.2) is 0 Å². The summed E-state index contributed by atoms with van der Waals surface area (Å²) in [4.78, 5) is 0. The molecule has 1 unspecified atom stereocenters. The predicted molar refractivity (Wildman–Crippen MR) is 79.6 cm³/mol. The number of nitrogens with two attached hydrogens (primary N) is 1. The van der Waals surface area contributed by atoms with Gasteiger partial charge >= 0.3 is 0 Å². The van der Waals surface area contributed by atoms with Gasteiger partial charge in [0.25, 0.3) is 0 Å². The van der Waals surface area contributed by atoms with E-state index in [1.165, 1.54) is 6.07 Å². The second-order valence-corrected chi connectivity index (χ2v) is 5.27. The van der Waals surface area contributed by atoms with Gasteiger partial charge < -0.3 is 10.5 Å². The molecule has 0 amide bonds. The van der Waals surface area contributed by atoms with Crippen LogP contribution in [0.25, 0.3) is 0 Å². The summed E-state index contributed by atoms with van der Waals surface area (Å²) in [7, 11) is 0. The Hall–Kier alpha value is -1.58. The summed E-state index contributed by atoms with van der Waals surface area (Å²) in [5.41, 5.74) is 7.29. The van der Waals surface area contributed by atoms with Gasteiger partial charge in [-0.25, -0.2) is 4.39 Å². The van der Waals surface area contributed by atoms with Crippen LogP contribution in [0.15, 0.2) is 42.5 Å². The number of hydrogen-bond donors (Lipinski definition) is 1. The SMILES string of the molecule is CC(C)Oc1cccc(C(N)c2cccc(Cl)c2F)c1. The van der Waals surface area contributed by atoms with Gasteiger partial charge in [-0.3, -0.25) is 0 Å². The van der Waals surface area contributed by atoms with Crippen molar-refractivity contribution in [2.75, 3.05) is 0 Å². The molecule has 0 bridgehead atoms. The van der Waals surface area contributed by atoms with E-state index in [-0.39, 0.29) is 11.1 Å². The molecule has 0 aliphatic carbocycles. The Labute approximate surface area is 123 Å². The highest BCUT2D eigenvalue weighted by Gasteiger charge is 2.16. The molecule has 2 nitrogen and oxygen atoms in total. The molecule has 0 spiro atoms. The number of benzene rings is 2. The minimum Gasteiger partial charge on any atom is -0.491 e. The zero-order valence-corrected chi connectivity index (χ0v) is 12.2. The molecule has 1 atom stereocenters. The van der Waals surface area contributed by atoms with E-state index in [1.54, 1.807) is 12.1 Å².